The first-order chi connectivity index (χ1) is 17.8. The minimum atomic E-state index is -4.74. The Balaban J connectivity index is 1.37. The molecule has 3 aromatic carbocycles. The number of aryl methyl sites for hydroxylation is 1. The molecule has 1 fully saturated rings. The molecule has 6 rings (SSSR count). The summed E-state index contributed by atoms with van der Waals surface area (Å²) in [6.45, 7) is 0. The van der Waals surface area contributed by atoms with E-state index < -0.39 is 23.3 Å². The second kappa shape index (κ2) is 8.39. The van der Waals surface area contributed by atoms with Crippen molar-refractivity contribution in [3.63, 3.8) is 0 Å². The Bertz CT molecular complexity index is 1660. The summed E-state index contributed by atoms with van der Waals surface area (Å²) in [5.74, 6) is -0.378. The fourth-order valence-corrected chi connectivity index (χ4v) is 5.50. The predicted molar refractivity (Wildman–Crippen MR) is 138 cm³/mol. The van der Waals surface area contributed by atoms with E-state index in [-0.39, 0.29) is 16.7 Å². The Kier molecular flexibility index (Phi) is 5.24. The number of rotatable bonds is 2. The molecule has 1 unspecified atom stereocenters. The van der Waals surface area contributed by atoms with E-state index in [1.165, 1.54) is 6.07 Å². The number of anilines is 2. The first kappa shape index (κ1) is 23.1. The zero-order valence-corrected chi connectivity index (χ0v) is 20.0. The third-order valence-corrected chi connectivity index (χ3v) is 7.23. The number of benzene rings is 3. The molecule has 9 heteroatoms. The lowest BCUT2D eigenvalue weighted by atomic mass is 9.93. The van der Waals surface area contributed by atoms with Crippen LogP contribution in [0.1, 0.15) is 23.1 Å². The number of amides is 1. The van der Waals surface area contributed by atoms with Crippen LogP contribution in [-0.4, -0.2) is 22.0 Å². The number of fused-ring (bicyclic) bond motifs is 4. The monoisotopic (exact) mass is 514 g/mol. The molecular weight excluding hydrogens is 497 g/mol. The topological polar surface area (TPSA) is 60.2 Å². The average Bonchev–Trinajstić information content (AvgIpc) is 3.16. The van der Waals surface area contributed by atoms with E-state index in [0.717, 1.165) is 50.3 Å². The van der Waals surface area contributed by atoms with E-state index in [2.05, 4.69) is 17.1 Å². The maximum Gasteiger partial charge on any atom is 0.417 e. The molecule has 0 radical (unpaired) electrons. The molecule has 37 heavy (non-hydrogen) atoms. The molecule has 1 atom stereocenters. The number of hydrogen-bond donors (Lipinski definition) is 0. The Labute approximate surface area is 215 Å². The van der Waals surface area contributed by atoms with Crippen molar-refractivity contribution in [3.05, 3.63) is 89.6 Å². The molecule has 2 aliphatic heterocycles. The SMILES string of the molecule is N#Cc1ccc(N2C(=O)C3CCc4cc(-c5cnc6ccccc6c5)ccc4N3C2=S)cc1C(F)(F)F. The van der Waals surface area contributed by atoms with Crippen LogP contribution in [0.2, 0.25) is 0 Å². The summed E-state index contributed by atoms with van der Waals surface area (Å²) >= 11 is 5.63. The van der Waals surface area contributed by atoms with Crippen molar-refractivity contribution in [3.8, 4) is 17.2 Å². The van der Waals surface area contributed by atoms with E-state index in [1.807, 2.05) is 42.6 Å². The number of halogens is 3. The largest absolute Gasteiger partial charge is 0.417 e. The number of thiocarbonyl (C=S) groups is 1. The fraction of sp³-hybridized carbons (Fsp3) is 0.143. The summed E-state index contributed by atoms with van der Waals surface area (Å²) in [7, 11) is 0. The van der Waals surface area contributed by atoms with Crippen molar-refractivity contribution >= 4 is 45.5 Å². The first-order valence-electron chi connectivity index (χ1n) is 11.5. The number of pyridine rings is 1. The van der Waals surface area contributed by atoms with Crippen LogP contribution in [0.5, 0.6) is 0 Å². The maximum atomic E-state index is 13.6. The molecule has 5 nitrogen and oxygen atoms in total. The molecule has 0 bridgehead atoms. The zero-order chi connectivity index (χ0) is 25.9. The van der Waals surface area contributed by atoms with Crippen LogP contribution >= 0.6 is 12.2 Å². The van der Waals surface area contributed by atoms with Crippen molar-refractivity contribution in [1.29, 1.82) is 5.26 Å². The second-order valence-electron chi connectivity index (χ2n) is 8.98. The van der Waals surface area contributed by atoms with Gasteiger partial charge in [0, 0.05) is 22.8 Å². The smallest absolute Gasteiger partial charge is 0.305 e. The lowest BCUT2D eigenvalue weighted by Gasteiger charge is -2.31. The Morgan fingerprint density at radius 2 is 1.84 bits per heavy atom. The third kappa shape index (κ3) is 3.72. The van der Waals surface area contributed by atoms with E-state index in [4.69, 9.17) is 17.5 Å². The predicted octanol–water partition coefficient (Wildman–Crippen LogP) is 6.25. The van der Waals surface area contributed by atoms with Crippen LogP contribution in [0.4, 0.5) is 24.5 Å². The van der Waals surface area contributed by atoms with Gasteiger partial charge in [0.05, 0.1) is 28.4 Å². The highest BCUT2D eigenvalue weighted by atomic mass is 32.1. The van der Waals surface area contributed by atoms with Gasteiger partial charge in [0.25, 0.3) is 5.91 Å². The quantitative estimate of drug-likeness (QED) is 0.296. The lowest BCUT2D eigenvalue weighted by molar-refractivity contribution is -0.137. The number of carbonyl (C=O) groups excluding carboxylic acids is 1. The molecule has 2 aliphatic rings. The summed E-state index contributed by atoms with van der Waals surface area (Å²) in [5.41, 5.74) is 3.00. The normalized spacial score (nSPS) is 17.1. The summed E-state index contributed by atoms with van der Waals surface area (Å²) in [6.07, 6.45) is -1.82. The first-order valence-corrected chi connectivity index (χ1v) is 11.9. The molecule has 0 aliphatic carbocycles. The van der Waals surface area contributed by atoms with Crippen LogP contribution in [0, 0.1) is 11.3 Å². The molecule has 4 aromatic rings. The second-order valence-corrected chi connectivity index (χ2v) is 9.35. The molecular formula is C28H17F3N4OS. The van der Waals surface area contributed by atoms with Crippen LogP contribution in [0.25, 0.3) is 22.0 Å². The summed E-state index contributed by atoms with van der Waals surface area (Å²) in [5, 5.41) is 10.3. The summed E-state index contributed by atoms with van der Waals surface area (Å²) in [4.78, 5) is 20.7. The van der Waals surface area contributed by atoms with Gasteiger partial charge in [-0.05, 0) is 78.7 Å². The number of aromatic nitrogens is 1. The molecule has 1 saturated heterocycles. The van der Waals surface area contributed by atoms with Gasteiger partial charge in [-0.25, -0.2) is 0 Å². The molecule has 0 saturated carbocycles. The van der Waals surface area contributed by atoms with Crippen LogP contribution < -0.4 is 9.80 Å². The highest BCUT2D eigenvalue weighted by Gasteiger charge is 2.47. The van der Waals surface area contributed by atoms with E-state index in [0.29, 0.717) is 12.8 Å². The zero-order valence-electron chi connectivity index (χ0n) is 19.2. The van der Waals surface area contributed by atoms with Crippen molar-refractivity contribution in [2.24, 2.45) is 0 Å². The Morgan fingerprint density at radius 3 is 2.62 bits per heavy atom. The number of nitrogens with zero attached hydrogens (tertiary/aromatic N) is 4. The van der Waals surface area contributed by atoms with Gasteiger partial charge in [-0.1, -0.05) is 24.3 Å². The van der Waals surface area contributed by atoms with Gasteiger partial charge in [0.15, 0.2) is 5.11 Å². The minimum Gasteiger partial charge on any atom is -0.305 e. The highest BCUT2D eigenvalue weighted by Crippen LogP contribution is 2.41. The van der Waals surface area contributed by atoms with E-state index >= 15 is 0 Å². The van der Waals surface area contributed by atoms with E-state index in [1.54, 1.807) is 11.0 Å². The maximum absolute atomic E-state index is 13.6. The molecule has 3 heterocycles. The highest BCUT2D eigenvalue weighted by molar-refractivity contribution is 7.81. The van der Waals surface area contributed by atoms with Gasteiger partial charge in [-0.2, -0.15) is 18.4 Å². The molecule has 1 aromatic heterocycles. The van der Waals surface area contributed by atoms with Gasteiger partial charge in [0.2, 0.25) is 0 Å². The number of nitriles is 1. The summed E-state index contributed by atoms with van der Waals surface area (Å²) < 4.78 is 40.7. The van der Waals surface area contributed by atoms with Crippen LogP contribution in [-0.2, 0) is 17.4 Å². The number of alkyl halides is 3. The minimum absolute atomic E-state index is 0.00358. The molecule has 182 valence electrons. The number of hydrogen-bond acceptors (Lipinski definition) is 4. The standard InChI is InChI=1S/C28H17F3N4OS/c29-28(30,31)22-13-21(8-5-19(22)14-32)34-26(36)25-10-7-18-11-16(6-9-24(18)35(25)27(34)37)20-12-17-3-1-2-4-23(17)33-15-20/h1-6,8-9,11-13,15,25H,7,10H2. The third-order valence-electron chi connectivity index (χ3n) is 6.85. The van der Waals surface area contributed by atoms with Crippen molar-refractivity contribution < 1.29 is 18.0 Å². The van der Waals surface area contributed by atoms with Crippen molar-refractivity contribution in [2.45, 2.75) is 25.1 Å². The van der Waals surface area contributed by atoms with Crippen LogP contribution in [0.3, 0.4) is 0 Å². The molecule has 1 amide bonds. The fourth-order valence-electron chi connectivity index (χ4n) is 5.08. The Morgan fingerprint density at radius 1 is 1.03 bits per heavy atom. The van der Waals surface area contributed by atoms with Gasteiger partial charge in [-0.15, -0.1) is 0 Å². The van der Waals surface area contributed by atoms with Gasteiger partial charge in [0.1, 0.15) is 6.04 Å². The summed E-state index contributed by atoms with van der Waals surface area (Å²) in [6, 6.07) is 20.0. The molecule has 0 spiro atoms. The van der Waals surface area contributed by atoms with Gasteiger partial charge >= 0.3 is 6.18 Å². The van der Waals surface area contributed by atoms with Gasteiger partial charge in [-0.3, -0.25) is 14.7 Å². The Hall–Kier alpha value is -4.29. The van der Waals surface area contributed by atoms with Gasteiger partial charge < -0.3 is 4.90 Å². The average molecular weight is 515 g/mol. The number of para-hydroxylation sites is 1. The van der Waals surface area contributed by atoms with Crippen LogP contribution in [0.15, 0.2) is 72.9 Å². The van der Waals surface area contributed by atoms with Crippen molar-refractivity contribution in [1.82, 2.24) is 4.98 Å². The number of carbonyl (C=O) groups is 1. The van der Waals surface area contributed by atoms with Crippen molar-refractivity contribution in [2.75, 3.05) is 9.80 Å². The lowest BCUT2D eigenvalue weighted by Crippen LogP contribution is -2.39. The molecule has 0 N–H and O–H groups in total. The van der Waals surface area contributed by atoms with E-state index in [9.17, 15) is 18.0 Å².